The van der Waals surface area contributed by atoms with Crippen molar-refractivity contribution < 1.29 is 0 Å². The molecule has 2 rings (SSSR count). The summed E-state index contributed by atoms with van der Waals surface area (Å²) >= 11 is 5.96. The Hall–Kier alpha value is -1.26. The summed E-state index contributed by atoms with van der Waals surface area (Å²) < 4.78 is 0. The van der Waals surface area contributed by atoms with E-state index in [9.17, 15) is 0 Å². The maximum absolute atomic E-state index is 7.31. The molecule has 21 heavy (non-hydrogen) atoms. The highest BCUT2D eigenvalue weighted by Gasteiger charge is 2.28. The number of hydrogen-bond acceptors (Lipinski definition) is 3. The molecule has 1 aliphatic heterocycles. The van der Waals surface area contributed by atoms with Crippen LogP contribution < -0.4 is 10.6 Å². The Kier molecular flexibility index (Phi) is 5.48. The van der Waals surface area contributed by atoms with Crippen LogP contribution in [0.4, 0.5) is 5.69 Å². The molecule has 0 unspecified atom stereocenters. The SMILES string of the molecule is C[C@@H]1CN(c2ccc(Cl)cc2)C[C@H](C)N1CCCC(=N)N. The molecule has 1 aromatic carbocycles. The summed E-state index contributed by atoms with van der Waals surface area (Å²) in [5, 5.41) is 8.09. The van der Waals surface area contributed by atoms with Crippen molar-refractivity contribution in [1.82, 2.24) is 4.90 Å². The van der Waals surface area contributed by atoms with Crippen molar-refractivity contribution in [2.75, 3.05) is 24.5 Å². The van der Waals surface area contributed by atoms with Crippen LogP contribution in [-0.4, -0.2) is 42.5 Å². The predicted molar refractivity (Wildman–Crippen MR) is 90.4 cm³/mol. The summed E-state index contributed by atoms with van der Waals surface area (Å²) in [5.74, 6) is 0.287. The molecule has 0 saturated carbocycles. The lowest BCUT2D eigenvalue weighted by molar-refractivity contribution is 0.131. The van der Waals surface area contributed by atoms with Crippen molar-refractivity contribution in [1.29, 1.82) is 5.41 Å². The molecule has 0 bridgehead atoms. The van der Waals surface area contributed by atoms with E-state index >= 15 is 0 Å². The van der Waals surface area contributed by atoms with Gasteiger partial charge in [-0.1, -0.05) is 11.6 Å². The monoisotopic (exact) mass is 308 g/mol. The minimum atomic E-state index is 0.287. The Labute approximate surface area is 132 Å². The molecular weight excluding hydrogens is 284 g/mol. The standard InChI is InChI=1S/C16H25ClN4/c1-12-10-20(15-7-5-14(17)6-8-15)11-13(2)21(12)9-3-4-16(18)19/h5-8,12-13H,3-4,9-11H2,1-2H3,(H3,18,19)/t12-,13+. The van der Waals surface area contributed by atoms with E-state index in [-0.39, 0.29) is 5.84 Å². The van der Waals surface area contributed by atoms with Crippen LogP contribution in [0.5, 0.6) is 0 Å². The van der Waals surface area contributed by atoms with Crippen LogP contribution in [0.2, 0.25) is 5.02 Å². The first-order valence-corrected chi connectivity index (χ1v) is 7.94. The predicted octanol–water partition coefficient (Wildman–Crippen LogP) is 2.96. The van der Waals surface area contributed by atoms with Crippen molar-refractivity contribution in [2.24, 2.45) is 5.73 Å². The number of hydrogen-bond donors (Lipinski definition) is 2. The van der Waals surface area contributed by atoms with Gasteiger partial charge in [0, 0.05) is 42.3 Å². The first kappa shape index (κ1) is 16.1. The van der Waals surface area contributed by atoms with Crippen molar-refractivity contribution in [3.63, 3.8) is 0 Å². The lowest BCUT2D eigenvalue weighted by Crippen LogP contribution is -2.57. The lowest BCUT2D eigenvalue weighted by atomic mass is 10.1. The second kappa shape index (κ2) is 7.14. The minimum Gasteiger partial charge on any atom is -0.388 e. The molecule has 0 amide bonds. The minimum absolute atomic E-state index is 0.287. The summed E-state index contributed by atoms with van der Waals surface area (Å²) in [4.78, 5) is 4.95. The summed E-state index contributed by atoms with van der Waals surface area (Å²) in [6, 6.07) is 9.07. The second-order valence-corrected chi connectivity index (χ2v) is 6.38. The third kappa shape index (κ3) is 4.35. The Morgan fingerprint density at radius 1 is 1.24 bits per heavy atom. The van der Waals surface area contributed by atoms with E-state index in [1.165, 1.54) is 5.69 Å². The number of nitrogens with two attached hydrogens (primary N) is 1. The van der Waals surface area contributed by atoms with Crippen LogP contribution in [-0.2, 0) is 0 Å². The van der Waals surface area contributed by atoms with Gasteiger partial charge in [0.15, 0.2) is 0 Å². The zero-order valence-corrected chi connectivity index (χ0v) is 13.6. The molecule has 4 nitrogen and oxygen atoms in total. The molecule has 3 N–H and O–H groups in total. The van der Waals surface area contributed by atoms with Crippen LogP contribution in [0.25, 0.3) is 0 Å². The van der Waals surface area contributed by atoms with Gasteiger partial charge in [-0.2, -0.15) is 0 Å². The average Bonchev–Trinajstić information content (AvgIpc) is 2.42. The van der Waals surface area contributed by atoms with Gasteiger partial charge in [-0.3, -0.25) is 10.3 Å². The van der Waals surface area contributed by atoms with Gasteiger partial charge in [-0.05, 0) is 51.1 Å². The first-order chi connectivity index (χ1) is 9.97. The summed E-state index contributed by atoms with van der Waals surface area (Å²) in [5.41, 5.74) is 6.67. The van der Waals surface area contributed by atoms with Crippen LogP contribution in [0, 0.1) is 5.41 Å². The Morgan fingerprint density at radius 2 is 1.81 bits per heavy atom. The number of piperazine rings is 1. The fourth-order valence-corrected chi connectivity index (χ4v) is 3.24. The highest BCUT2D eigenvalue weighted by molar-refractivity contribution is 6.30. The molecule has 2 atom stereocenters. The van der Waals surface area contributed by atoms with Crippen LogP contribution in [0.15, 0.2) is 24.3 Å². The van der Waals surface area contributed by atoms with E-state index in [2.05, 4.69) is 35.8 Å². The van der Waals surface area contributed by atoms with Gasteiger partial charge in [0.25, 0.3) is 0 Å². The quantitative estimate of drug-likeness (QED) is 0.649. The Morgan fingerprint density at radius 3 is 2.33 bits per heavy atom. The van der Waals surface area contributed by atoms with Crippen molar-refractivity contribution >= 4 is 23.1 Å². The maximum Gasteiger partial charge on any atom is 0.0905 e. The number of benzene rings is 1. The van der Waals surface area contributed by atoms with Gasteiger partial charge < -0.3 is 10.6 Å². The Bertz CT molecular complexity index is 462. The number of nitrogens with one attached hydrogen (secondary N) is 1. The van der Waals surface area contributed by atoms with E-state index in [0.29, 0.717) is 18.5 Å². The van der Waals surface area contributed by atoms with Crippen LogP contribution >= 0.6 is 11.6 Å². The van der Waals surface area contributed by atoms with E-state index in [0.717, 1.165) is 31.1 Å². The van der Waals surface area contributed by atoms with Crippen molar-refractivity contribution in [3.8, 4) is 0 Å². The molecule has 0 spiro atoms. The van der Waals surface area contributed by atoms with E-state index < -0.39 is 0 Å². The molecule has 0 aromatic heterocycles. The molecule has 1 aliphatic rings. The van der Waals surface area contributed by atoms with E-state index in [4.69, 9.17) is 22.7 Å². The van der Waals surface area contributed by atoms with Gasteiger partial charge in [-0.15, -0.1) is 0 Å². The number of nitrogens with zero attached hydrogens (tertiary/aromatic N) is 2. The van der Waals surface area contributed by atoms with Gasteiger partial charge in [0.05, 0.1) is 5.84 Å². The van der Waals surface area contributed by atoms with Crippen molar-refractivity contribution in [3.05, 3.63) is 29.3 Å². The molecule has 1 saturated heterocycles. The fourth-order valence-electron chi connectivity index (χ4n) is 3.11. The number of rotatable bonds is 5. The summed E-state index contributed by atoms with van der Waals surface area (Å²) in [7, 11) is 0. The molecular formula is C16H25ClN4. The molecule has 1 fully saturated rings. The zero-order chi connectivity index (χ0) is 15.4. The summed E-state index contributed by atoms with van der Waals surface area (Å²) in [6.07, 6.45) is 1.65. The van der Waals surface area contributed by atoms with E-state index in [1.54, 1.807) is 0 Å². The highest BCUT2D eigenvalue weighted by atomic mass is 35.5. The molecule has 0 aliphatic carbocycles. The largest absolute Gasteiger partial charge is 0.388 e. The highest BCUT2D eigenvalue weighted by Crippen LogP contribution is 2.24. The van der Waals surface area contributed by atoms with Crippen LogP contribution in [0.3, 0.4) is 0 Å². The molecule has 1 heterocycles. The maximum atomic E-state index is 7.31. The topological polar surface area (TPSA) is 56.4 Å². The number of halogens is 1. The van der Waals surface area contributed by atoms with Crippen LogP contribution in [0.1, 0.15) is 26.7 Å². The smallest absolute Gasteiger partial charge is 0.0905 e. The normalized spacial score (nSPS) is 23.3. The first-order valence-electron chi connectivity index (χ1n) is 7.56. The van der Waals surface area contributed by atoms with Gasteiger partial charge in [0.1, 0.15) is 0 Å². The second-order valence-electron chi connectivity index (χ2n) is 5.95. The molecule has 1 aromatic rings. The average molecular weight is 309 g/mol. The summed E-state index contributed by atoms with van der Waals surface area (Å²) in [6.45, 7) is 7.59. The molecule has 0 radical (unpaired) electrons. The molecule has 116 valence electrons. The third-order valence-corrected chi connectivity index (χ3v) is 4.41. The zero-order valence-electron chi connectivity index (χ0n) is 12.8. The lowest BCUT2D eigenvalue weighted by Gasteiger charge is -2.45. The van der Waals surface area contributed by atoms with Crippen molar-refractivity contribution in [2.45, 2.75) is 38.8 Å². The Balaban J connectivity index is 1.94. The fraction of sp³-hybridized carbons (Fsp3) is 0.562. The third-order valence-electron chi connectivity index (χ3n) is 4.16. The van der Waals surface area contributed by atoms with E-state index in [1.807, 2.05) is 12.1 Å². The number of amidine groups is 1. The van der Waals surface area contributed by atoms with Gasteiger partial charge in [-0.25, -0.2) is 0 Å². The molecule has 5 heteroatoms. The number of anilines is 1. The van der Waals surface area contributed by atoms with Gasteiger partial charge >= 0.3 is 0 Å². The van der Waals surface area contributed by atoms with Gasteiger partial charge in [0.2, 0.25) is 0 Å².